The second-order valence-corrected chi connectivity index (χ2v) is 6.64. The Kier molecular flexibility index (Phi) is 6.42. The summed E-state index contributed by atoms with van der Waals surface area (Å²) in [5.41, 5.74) is 0.898. The average Bonchev–Trinajstić information content (AvgIpc) is 3.27. The zero-order valence-corrected chi connectivity index (χ0v) is 14.9. The van der Waals surface area contributed by atoms with Crippen LogP contribution in [0, 0.1) is 0 Å². The van der Waals surface area contributed by atoms with E-state index in [1.54, 1.807) is 6.07 Å². The highest BCUT2D eigenvalue weighted by Crippen LogP contribution is 2.21. The maximum Gasteiger partial charge on any atom is 0.226 e. The summed E-state index contributed by atoms with van der Waals surface area (Å²) >= 11 is 0. The molecule has 136 valence electrons. The number of aromatic nitrogens is 2. The predicted molar refractivity (Wildman–Crippen MR) is 94.1 cm³/mol. The van der Waals surface area contributed by atoms with E-state index in [-0.39, 0.29) is 6.10 Å². The first-order valence-corrected chi connectivity index (χ1v) is 9.17. The Hall–Kier alpha value is -1.92. The van der Waals surface area contributed by atoms with E-state index in [0.717, 1.165) is 50.8 Å². The molecule has 1 atom stereocenters. The molecule has 6 nitrogen and oxygen atoms in total. The van der Waals surface area contributed by atoms with Crippen molar-refractivity contribution in [2.24, 2.45) is 0 Å². The monoisotopic (exact) mass is 345 g/mol. The Labute approximate surface area is 148 Å². The van der Waals surface area contributed by atoms with Crippen molar-refractivity contribution in [3.8, 4) is 5.75 Å². The van der Waals surface area contributed by atoms with Gasteiger partial charge >= 0.3 is 0 Å². The molecule has 1 saturated heterocycles. The molecule has 0 spiro atoms. The van der Waals surface area contributed by atoms with Crippen LogP contribution in [0.15, 0.2) is 28.8 Å². The summed E-state index contributed by atoms with van der Waals surface area (Å²) in [6, 6.07) is 7.44. The SMILES string of the molecule is CCCCc1nc(CN(Cc2ccccc2O)C[C@@H]2CCCO2)no1. The standard InChI is InChI=1S/C19H27N3O3/c1-2-3-10-19-20-18(21-25-19)14-22(13-16-8-6-11-24-16)12-15-7-4-5-9-17(15)23/h4-5,7,9,16,23H,2-3,6,8,10-14H2,1H3/t16-/m0/s1. The number of benzene rings is 1. The molecule has 25 heavy (non-hydrogen) atoms. The molecule has 0 aliphatic carbocycles. The quantitative estimate of drug-likeness (QED) is 0.752. The molecule has 0 bridgehead atoms. The van der Waals surface area contributed by atoms with Crippen LogP contribution in [0.4, 0.5) is 0 Å². The molecule has 3 rings (SSSR count). The van der Waals surface area contributed by atoms with Gasteiger partial charge in [-0.2, -0.15) is 4.98 Å². The molecule has 1 aliphatic rings. The number of aryl methyl sites for hydroxylation is 1. The molecule has 1 aromatic carbocycles. The minimum Gasteiger partial charge on any atom is -0.508 e. The number of aromatic hydroxyl groups is 1. The zero-order chi connectivity index (χ0) is 17.5. The summed E-state index contributed by atoms with van der Waals surface area (Å²) in [4.78, 5) is 6.73. The zero-order valence-electron chi connectivity index (χ0n) is 14.9. The molecular formula is C19H27N3O3. The van der Waals surface area contributed by atoms with Gasteiger partial charge in [-0.05, 0) is 25.3 Å². The van der Waals surface area contributed by atoms with E-state index in [4.69, 9.17) is 9.26 Å². The Morgan fingerprint density at radius 3 is 2.92 bits per heavy atom. The number of nitrogens with zero attached hydrogens (tertiary/aromatic N) is 3. The third-order valence-corrected chi connectivity index (χ3v) is 4.49. The summed E-state index contributed by atoms with van der Waals surface area (Å²) in [7, 11) is 0. The fourth-order valence-corrected chi connectivity index (χ4v) is 3.13. The molecule has 0 unspecified atom stereocenters. The first-order chi connectivity index (χ1) is 12.2. The van der Waals surface area contributed by atoms with Crippen LogP contribution in [0.3, 0.4) is 0 Å². The number of para-hydroxylation sites is 1. The lowest BCUT2D eigenvalue weighted by Gasteiger charge is -2.24. The van der Waals surface area contributed by atoms with Crippen LogP contribution in [0.25, 0.3) is 0 Å². The van der Waals surface area contributed by atoms with Crippen LogP contribution in [0.2, 0.25) is 0 Å². The molecule has 1 aromatic heterocycles. The Morgan fingerprint density at radius 1 is 1.28 bits per heavy atom. The summed E-state index contributed by atoms with van der Waals surface area (Å²) in [5.74, 6) is 1.72. The molecular weight excluding hydrogens is 318 g/mol. The summed E-state index contributed by atoms with van der Waals surface area (Å²) in [6.45, 7) is 4.99. The fraction of sp³-hybridized carbons (Fsp3) is 0.579. The van der Waals surface area contributed by atoms with Gasteiger partial charge in [-0.3, -0.25) is 4.90 Å². The van der Waals surface area contributed by atoms with Crippen LogP contribution in [-0.4, -0.2) is 39.4 Å². The van der Waals surface area contributed by atoms with Crippen LogP contribution in [0.1, 0.15) is 49.9 Å². The van der Waals surface area contributed by atoms with Gasteiger partial charge in [0.2, 0.25) is 5.89 Å². The van der Waals surface area contributed by atoms with Gasteiger partial charge in [0.25, 0.3) is 0 Å². The van der Waals surface area contributed by atoms with E-state index >= 15 is 0 Å². The van der Waals surface area contributed by atoms with Gasteiger partial charge in [0.15, 0.2) is 5.82 Å². The van der Waals surface area contributed by atoms with Crippen molar-refractivity contribution in [2.45, 2.75) is 58.2 Å². The molecule has 2 aromatic rings. The maximum absolute atomic E-state index is 10.1. The fourth-order valence-electron chi connectivity index (χ4n) is 3.13. The number of phenolic OH excluding ortho intramolecular Hbond substituents is 1. The van der Waals surface area contributed by atoms with Gasteiger partial charge in [0, 0.05) is 31.7 Å². The lowest BCUT2D eigenvalue weighted by atomic mass is 10.1. The van der Waals surface area contributed by atoms with Crippen molar-refractivity contribution in [1.82, 2.24) is 15.0 Å². The van der Waals surface area contributed by atoms with Crippen molar-refractivity contribution in [3.05, 3.63) is 41.5 Å². The van der Waals surface area contributed by atoms with E-state index in [0.29, 0.717) is 30.6 Å². The predicted octanol–water partition coefficient (Wildman–Crippen LogP) is 3.30. The van der Waals surface area contributed by atoms with Crippen LogP contribution in [-0.2, 0) is 24.2 Å². The summed E-state index contributed by atoms with van der Waals surface area (Å²) in [6.07, 6.45) is 5.41. The van der Waals surface area contributed by atoms with E-state index < -0.39 is 0 Å². The summed E-state index contributed by atoms with van der Waals surface area (Å²) in [5, 5.41) is 14.2. The Balaban J connectivity index is 1.67. The molecule has 1 N–H and O–H groups in total. The number of phenols is 1. The third kappa shape index (κ3) is 5.28. The Bertz CT molecular complexity index is 653. The number of rotatable bonds is 9. The lowest BCUT2D eigenvalue weighted by Crippen LogP contribution is -2.31. The Morgan fingerprint density at radius 2 is 2.16 bits per heavy atom. The van der Waals surface area contributed by atoms with Crippen LogP contribution < -0.4 is 0 Å². The summed E-state index contributed by atoms with van der Waals surface area (Å²) < 4.78 is 11.1. The van der Waals surface area contributed by atoms with E-state index in [1.165, 1.54) is 0 Å². The minimum absolute atomic E-state index is 0.234. The van der Waals surface area contributed by atoms with Crippen molar-refractivity contribution in [2.75, 3.05) is 13.2 Å². The van der Waals surface area contributed by atoms with Crippen molar-refractivity contribution in [3.63, 3.8) is 0 Å². The molecule has 1 aliphatic heterocycles. The van der Waals surface area contributed by atoms with Crippen molar-refractivity contribution >= 4 is 0 Å². The molecule has 0 radical (unpaired) electrons. The van der Waals surface area contributed by atoms with Crippen molar-refractivity contribution < 1.29 is 14.4 Å². The van der Waals surface area contributed by atoms with Gasteiger partial charge in [0.1, 0.15) is 5.75 Å². The lowest BCUT2D eigenvalue weighted by molar-refractivity contribution is 0.0664. The highest BCUT2D eigenvalue weighted by atomic mass is 16.5. The van der Waals surface area contributed by atoms with Crippen LogP contribution in [0.5, 0.6) is 5.75 Å². The second-order valence-electron chi connectivity index (χ2n) is 6.64. The normalized spacial score (nSPS) is 17.4. The van der Waals surface area contributed by atoms with Gasteiger partial charge in [0.05, 0.1) is 12.6 Å². The van der Waals surface area contributed by atoms with Crippen LogP contribution >= 0.6 is 0 Å². The maximum atomic E-state index is 10.1. The van der Waals surface area contributed by atoms with E-state index in [1.807, 2.05) is 18.2 Å². The number of ether oxygens (including phenoxy) is 1. The largest absolute Gasteiger partial charge is 0.508 e. The highest BCUT2D eigenvalue weighted by molar-refractivity contribution is 5.31. The number of unbranched alkanes of at least 4 members (excludes halogenated alkanes) is 1. The second kappa shape index (κ2) is 8.97. The van der Waals surface area contributed by atoms with E-state index in [2.05, 4.69) is 22.0 Å². The average molecular weight is 345 g/mol. The molecule has 6 heteroatoms. The minimum atomic E-state index is 0.234. The molecule has 0 saturated carbocycles. The number of hydrogen-bond acceptors (Lipinski definition) is 6. The number of hydrogen-bond donors (Lipinski definition) is 1. The van der Waals surface area contributed by atoms with Crippen molar-refractivity contribution in [1.29, 1.82) is 0 Å². The molecule has 1 fully saturated rings. The van der Waals surface area contributed by atoms with Gasteiger partial charge < -0.3 is 14.4 Å². The van der Waals surface area contributed by atoms with Gasteiger partial charge in [-0.25, -0.2) is 0 Å². The smallest absolute Gasteiger partial charge is 0.226 e. The molecule has 2 heterocycles. The first kappa shape index (κ1) is 17.9. The highest BCUT2D eigenvalue weighted by Gasteiger charge is 2.21. The first-order valence-electron chi connectivity index (χ1n) is 9.17. The van der Waals surface area contributed by atoms with Gasteiger partial charge in [-0.1, -0.05) is 36.7 Å². The third-order valence-electron chi connectivity index (χ3n) is 4.49. The van der Waals surface area contributed by atoms with Gasteiger partial charge in [-0.15, -0.1) is 0 Å². The molecule has 0 amide bonds. The topological polar surface area (TPSA) is 71.6 Å². The van der Waals surface area contributed by atoms with E-state index in [9.17, 15) is 5.11 Å².